The molecule has 0 spiro atoms. The average molecular weight is 437 g/mol. The predicted octanol–water partition coefficient (Wildman–Crippen LogP) is 8.71. The summed E-state index contributed by atoms with van der Waals surface area (Å²) in [6.45, 7) is 2.25. The molecule has 2 aromatic rings. The Morgan fingerprint density at radius 2 is 1.45 bits per heavy atom. The zero-order chi connectivity index (χ0) is 22.3. The maximum Gasteiger partial charge on any atom is 0.573 e. The average Bonchev–Trinajstić information content (AvgIpc) is 2.74. The van der Waals surface area contributed by atoms with Gasteiger partial charge in [0, 0.05) is 0 Å². The summed E-state index contributed by atoms with van der Waals surface area (Å²) in [7, 11) is 0. The van der Waals surface area contributed by atoms with Crippen LogP contribution in [0.5, 0.6) is 5.75 Å². The molecule has 0 heterocycles. The summed E-state index contributed by atoms with van der Waals surface area (Å²) >= 11 is 0. The van der Waals surface area contributed by atoms with Crippen molar-refractivity contribution in [1.82, 2.24) is 0 Å². The third-order valence-corrected chi connectivity index (χ3v) is 6.47. The van der Waals surface area contributed by atoms with Crippen LogP contribution in [-0.4, -0.2) is 6.36 Å². The van der Waals surface area contributed by atoms with E-state index < -0.39 is 17.9 Å². The number of halogens is 4. The normalized spacial score (nSPS) is 19.4. The molecule has 0 amide bonds. The van der Waals surface area contributed by atoms with Gasteiger partial charge in [0.05, 0.1) is 0 Å². The summed E-state index contributed by atoms with van der Waals surface area (Å²) in [5.41, 5.74) is 2.54. The van der Waals surface area contributed by atoms with Gasteiger partial charge in [0.15, 0.2) is 11.6 Å². The van der Waals surface area contributed by atoms with Crippen molar-refractivity contribution in [2.75, 3.05) is 0 Å². The van der Waals surface area contributed by atoms with Gasteiger partial charge in [0.2, 0.25) is 0 Å². The quantitative estimate of drug-likeness (QED) is 0.282. The Bertz CT molecular complexity index is 805. The second-order valence-electron chi connectivity index (χ2n) is 8.81. The molecule has 1 nitrogen and oxygen atoms in total. The van der Waals surface area contributed by atoms with Gasteiger partial charge in [-0.3, -0.25) is 0 Å². The van der Waals surface area contributed by atoms with Gasteiger partial charge in [-0.25, -0.2) is 4.39 Å². The molecule has 170 valence electrons. The molecule has 0 saturated heterocycles. The molecule has 3 rings (SSSR count). The van der Waals surface area contributed by atoms with Crippen molar-refractivity contribution in [3.63, 3.8) is 0 Å². The Balaban J connectivity index is 1.48. The Morgan fingerprint density at radius 1 is 0.839 bits per heavy atom. The highest BCUT2D eigenvalue weighted by Crippen LogP contribution is 2.34. The third kappa shape index (κ3) is 7.55. The second kappa shape index (κ2) is 11.0. The topological polar surface area (TPSA) is 9.23 Å². The summed E-state index contributed by atoms with van der Waals surface area (Å²) in [4.78, 5) is 0. The van der Waals surface area contributed by atoms with Crippen molar-refractivity contribution in [3.05, 3.63) is 53.8 Å². The lowest BCUT2D eigenvalue weighted by Gasteiger charge is -2.28. The molecule has 31 heavy (non-hydrogen) atoms. The van der Waals surface area contributed by atoms with E-state index >= 15 is 0 Å². The SMILES string of the molecule is CCCCCC1CCC(CCc2ccc(-c3ccc(OC(F)(F)F)c(F)c3)cc2)CC1. The first-order valence-corrected chi connectivity index (χ1v) is 11.5. The van der Waals surface area contributed by atoms with Crippen molar-refractivity contribution in [2.24, 2.45) is 11.8 Å². The minimum Gasteiger partial charge on any atom is -0.403 e. The molecule has 1 aliphatic rings. The predicted molar refractivity (Wildman–Crippen MR) is 116 cm³/mol. The monoisotopic (exact) mass is 436 g/mol. The molecule has 1 saturated carbocycles. The van der Waals surface area contributed by atoms with Crippen molar-refractivity contribution in [1.29, 1.82) is 0 Å². The van der Waals surface area contributed by atoms with Crippen molar-refractivity contribution in [3.8, 4) is 16.9 Å². The van der Waals surface area contributed by atoms with E-state index in [1.165, 1.54) is 69.4 Å². The molecule has 0 aliphatic heterocycles. The zero-order valence-corrected chi connectivity index (χ0v) is 18.2. The maximum atomic E-state index is 14.0. The number of benzene rings is 2. The van der Waals surface area contributed by atoms with Crippen molar-refractivity contribution in [2.45, 2.75) is 77.5 Å². The van der Waals surface area contributed by atoms with Gasteiger partial charge in [-0.2, -0.15) is 0 Å². The molecule has 2 aromatic carbocycles. The molecule has 1 aliphatic carbocycles. The molecule has 1 fully saturated rings. The van der Waals surface area contributed by atoms with E-state index in [0.29, 0.717) is 5.56 Å². The van der Waals surface area contributed by atoms with Crippen LogP contribution in [0.25, 0.3) is 11.1 Å². The van der Waals surface area contributed by atoms with Crippen LogP contribution in [0, 0.1) is 17.7 Å². The second-order valence-corrected chi connectivity index (χ2v) is 8.81. The molecule has 5 heteroatoms. The van der Waals surface area contributed by atoms with Crippen LogP contribution < -0.4 is 4.74 Å². The van der Waals surface area contributed by atoms with Crippen molar-refractivity contribution < 1.29 is 22.3 Å². The summed E-state index contributed by atoms with van der Waals surface area (Å²) in [5.74, 6) is -0.107. The lowest BCUT2D eigenvalue weighted by Crippen LogP contribution is -2.17. The number of aryl methyl sites for hydroxylation is 1. The number of hydrogen-bond acceptors (Lipinski definition) is 1. The Hall–Kier alpha value is -2.04. The number of hydrogen-bond donors (Lipinski definition) is 0. The third-order valence-electron chi connectivity index (χ3n) is 6.47. The van der Waals surface area contributed by atoms with Crippen LogP contribution in [0.2, 0.25) is 0 Å². The van der Waals surface area contributed by atoms with Crippen LogP contribution in [0.1, 0.15) is 70.3 Å². The number of alkyl halides is 3. The Kier molecular flexibility index (Phi) is 8.39. The van der Waals surface area contributed by atoms with E-state index in [1.807, 2.05) is 24.3 Å². The molecule has 0 radical (unpaired) electrons. The minimum atomic E-state index is -4.90. The lowest BCUT2D eigenvalue weighted by molar-refractivity contribution is -0.275. The molecular formula is C26H32F4O. The highest BCUT2D eigenvalue weighted by molar-refractivity contribution is 5.64. The van der Waals surface area contributed by atoms with E-state index in [-0.39, 0.29) is 0 Å². The summed E-state index contributed by atoms with van der Waals surface area (Å²) in [6.07, 6.45) is 8.14. The van der Waals surface area contributed by atoms with E-state index in [4.69, 9.17) is 0 Å². The smallest absolute Gasteiger partial charge is 0.403 e. The fourth-order valence-electron chi connectivity index (χ4n) is 4.61. The van der Waals surface area contributed by atoms with Crippen molar-refractivity contribution >= 4 is 0 Å². The fourth-order valence-corrected chi connectivity index (χ4v) is 4.61. The van der Waals surface area contributed by atoms with E-state index in [1.54, 1.807) is 0 Å². The van der Waals surface area contributed by atoms with E-state index in [2.05, 4.69) is 11.7 Å². The maximum absolute atomic E-state index is 14.0. The van der Waals surface area contributed by atoms with E-state index in [9.17, 15) is 17.6 Å². The molecule has 0 atom stereocenters. The summed E-state index contributed by atoms with van der Waals surface area (Å²) in [5, 5.41) is 0. The number of rotatable bonds is 9. The summed E-state index contributed by atoms with van der Waals surface area (Å²) in [6, 6.07) is 11.4. The van der Waals surface area contributed by atoms with Crippen LogP contribution in [0.4, 0.5) is 17.6 Å². The highest BCUT2D eigenvalue weighted by atomic mass is 19.4. The fraction of sp³-hybridized carbons (Fsp3) is 0.538. The number of unbranched alkanes of at least 4 members (excludes halogenated alkanes) is 2. The molecule has 0 aromatic heterocycles. The molecular weight excluding hydrogens is 404 g/mol. The first-order valence-electron chi connectivity index (χ1n) is 11.5. The van der Waals surface area contributed by atoms with Gasteiger partial charge in [-0.05, 0) is 53.5 Å². The molecule has 0 N–H and O–H groups in total. The van der Waals surface area contributed by atoms with Gasteiger partial charge in [0.1, 0.15) is 0 Å². The Morgan fingerprint density at radius 3 is 2.03 bits per heavy atom. The van der Waals surface area contributed by atoms with Crippen LogP contribution in [0.15, 0.2) is 42.5 Å². The van der Waals surface area contributed by atoms with Crippen LogP contribution in [0.3, 0.4) is 0 Å². The van der Waals surface area contributed by atoms with Gasteiger partial charge in [0.25, 0.3) is 0 Å². The van der Waals surface area contributed by atoms with Gasteiger partial charge in [-0.1, -0.05) is 88.6 Å². The molecule has 0 unspecified atom stereocenters. The lowest BCUT2D eigenvalue weighted by atomic mass is 9.78. The van der Waals surface area contributed by atoms with Gasteiger partial charge in [-0.15, -0.1) is 13.2 Å². The first kappa shape index (κ1) is 23.6. The standard InChI is InChI=1S/C26H32F4O/c1-2-3-4-5-19-6-8-20(9-7-19)10-11-21-12-14-22(15-13-21)23-16-17-25(24(27)18-23)31-26(28,29)30/h12-20H,2-11H2,1H3. The largest absolute Gasteiger partial charge is 0.573 e. The number of ether oxygens (including phenoxy) is 1. The van der Waals surface area contributed by atoms with E-state index in [0.717, 1.165) is 36.0 Å². The van der Waals surface area contributed by atoms with Crippen LogP contribution in [-0.2, 0) is 6.42 Å². The first-order chi connectivity index (χ1) is 14.8. The Labute approximate surface area is 182 Å². The van der Waals surface area contributed by atoms with Gasteiger partial charge < -0.3 is 4.74 Å². The highest BCUT2D eigenvalue weighted by Gasteiger charge is 2.32. The summed E-state index contributed by atoms with van der Waals surface area (Å²) < 4.78 is 54.5. The molecule has 0 bridgehead atoms. The minimum absolute atomic E-state index is 0.528. The zero-order valence-electron chi connectivity index (χ0n) is 18.2. The van der Waals surface area contributed by atoms with Gasteiger partial charge >= 0.3 is 6.36 Å². The van der Waals surface area contributed by atoms with Crippen LogP contribution >= 0.6 is 0 Å².